The minimum absolute atomic E-state index is 0.0405. The lowest BCUT2D eigenvalue weighted by atomic mass is 10.2. The first-order valence-electron chi connectivity index (χ1n) is 6.59. The van der Waals surface area contributed by atoms with Crippen molar-refractivity contribution in [3.63, 3.8) is 0 Å². The number of carbonyl (C=O) groups excluding carboxylic acids is 1. The van der Waals surface area contributed by atoms with Gasteiger partial charge in [-0.05, 0) is 49.6 Å². The highest BCUT2D eigenvalue weighted by Crippen LogP contribution is 2.34. The zero-order valence-electron chi connectivity index (χ0n) is 12.2. The summed E-state index contributed by atoms with van der Waals surface area (Å²) in [5.41, 5.74) is 1.13. The fraction of sp³-hybridized carbons (Fsp3) is 0.500. The van der Waals surface area contributed by atoms with Crippen LogP contribution in [0.5, 0.6) is 5.75 Å². The quantitative estimate of drug-likeness (QED) is 0.599. The van der Waals surface area contributed by atoms with Crippen LogP contribution >= 0.6 is 31.9 Å². The Balaban J connectivity index is 2.56. The molecular formula is C14H20Br2N2O3. The Morgan fingerprint density at radius 2 is 1.90 bits per heavy atom. The third kappa shape index (κ3) is 6.78. The number of hydrogen-bond acceptors (Lipinski definition) is 4. The van der Waals surface area contributed by atoms with Crippen molar-refractivity contribution in [1.82, 2.24) is 10.6 Å². The molecule has 7 heteroatoms. The topological polar surface area (TPSA) is 59.6 Å². The van der Waals surface area contributed by atoms with Gasteiger partial charge in [-0.15, -0.1) is 0 Å². The van der Waals surface area contributed by atoms with Crippen molar-refractivity contribution < 1.29 is 14.3 Å². The number of amides is 1. The van der Waals surface area contributed by atoms with E-state index in [1.54, 1.807) is 14.2 Å². The lowest BCUT2D eigenvalue weighted by Crippen LogP contribution is -2.20. The number of halogens is 2. The van der Waals surface area contributed by atoms with E-state index in [-0.39, 0.29) is 5.91 Å². The van der Waals surface area contributed by atoms with Crippen LogP contribution in [-0.2, 0) is 16.1 Å². The van der Waals surface area contributed by atoms with E-state index in [0.717, 1.165) is 27.6 Å². The summed E-state index contributed by atoms with van der Waals surface area (Å²) in [6.07, 6.45) is 0.329. The predicted molar refractivity (Wildman–Crippen MR) is 89.6 cm³/mol. The minimum atomic E-state index is -0.0405. The second-order valence-corrected chi connectivity index (χ2v) is 6.04. The van der Waals surface area contributed by atoms with E-state index in [1.807, 2.05) is 12.1 Å². The zero-order chi connectivity index (χ0) is 15.7. The number of benzene rings is 1. The molecule has 1 aromatic rings. The Labute approximate surface area is 142 Å². The maximum absolute atomic E-state index is 11.2. The van der Waals surface area contributed by atoms with Crippen LogP contribution < -0.4 is 15.4 Å². The fourth-order valence-corrected chi connectivity index (χ4v) is 3.14. The molecule has 0 atom stereocenters. The van der Waals surface area contributed by atoms with Crippen LogP contribution in [0.1, 0.15) is 12.0 Å². The van der Waals surface area contributed by atoms with Crippen LogP contribution in [0.3, 0.4) is 0 Å². The Bertz CT molecular complexity index is 447. The van der Waals surface area contributed by atoms with Crippen molar-refractivity contribution in [2.75, 3.05) is 33.9 Å². The van der Waals surface area contributed by atoms with Crippen LogP contribution in [0.2, 0.25) is 0 Å². The summed E-state index contributed by atoms with van der Waals surface area (Å²) in [7, 11) is 3.29. The Morgan fingerprint density at radius 3 is 2.48 bits per heavy atom. The highest BCUT2D eigenvalue weighted by Gasteiger charge is 2.10. The van der Waals surface area contributed by atoms with Gasteiger partial charge >= 0.3 is 0 Å². The first kappa shape index (κ1) is 18.4. The predicted octanol–water partition coefficient (Wildman–Crippen LogP) is 2.46. The number of hydrogen-bond donors (Lipinski definition) is 2. The van der Waals surface area contributed by atoms with Crippen LogP contribution in [0, 0.1) is 0 Å². The fourth-order valence-electron chi connectivity index (χ4n) is 1.63. The highest BCUT2D eigenvalue weighted by atomic mass is 79.9. The SMILES string of the molecule is CNC(=O)CCOc1c(Br)cc(CNCCOC)cc1Br. The molecule has 1 rings (SSSR count). The van der Waals surface area contributed by atoms with Crippen LogP contribution in [0.15, 0.2) is 21.1 Å². The molecular weight excluding hydrogens is 404 g/mol. The van der Waals surface area contributed by atoms with E-state index in [2.05, 4.69) is 42.5 Å². The molecule has 0 unspecified atom stereocenters. The third-order valence-electron chi connectivity index (χ3n) is 2.72. The molecule has 0 fully saturated rings. The van der Waals surface area contributed by atoms with Crippen molar-refractivity contribution in [3.8, 4) is 5.75 Å². The van der Waals surface area contributed by atoms with Crippen LogP contribution in [-0.4, -0.2) is 39.8 Å². The Morgan fingerprint density at radius 1 is 1.24 bits per heavy atom. The molecule has 0 aromatic heterocycles. The summed E-state index contributed by atoms with van der Waals surface area (Å²) < 4.78 is 12.3. The number of ether oxygens (including phenoxy) is 2. The van der Waals surface area contributed by atoms with Crippen LogP contribution in [0.4, 0.5) is 0 Å². The Kier molecular flexibility index (Phi) is 8.91. The first-order chi connectivity index (χ1) is 10.1. The zero-order valence-corrected chi connectivity index (χ0v) is 15.3. The molecule has 21 heavy (non-hydrogen) atoms. The second-order valence-electron chi connectivity index (χ2n) is 4.33. The summed E-state index contributed by atoms with van der Waals surface area (Å²) in [4.78, 5) is 11.2. The lowest BCUT2D eigenvalue weighted by Gasteiger charge is -2.12. The summed E-state index contributed by atoms with van der Waals surface area (Å²) >= 11 is 6.99. The molecule has 5 nitrogen and oxygen atoms in total. The minimum Gasteiger partial charge on any atom is -0.491 e. The van der Waals surface area contributed by atoms with Gasteiger partial charge in [0, 0.05) is 27.2 Å². The van der Waals surface area contributed by atoms with Crippen molar-refractivity contribution in [2.45, 2.75) is 13.0 Å². The molecule has 0 spiro atoms. The number of methoxy groups -OCH3 is 1. The molecule has 0 saturated heterocycles. The van der Waals surface area contributed by atoms with Gasteiger partial charge in [-0.2, -0.15) is 0 Å². The molecule has 0 aliphatic heterocycles. The molecule has 2 N–H and O–H groups in total. The smallest absolute Gasteiger partial charge is 0.223 e. The maximum atomic E-state index is 11.2. The molecule has 118 valence electrons. The maximum Gasteiger partial charge on any atom is 0.223 e. The second kappa shape index (κ2) is 10.2. The molecule has 0 bridgehead atoms. The molecule has 0 saturated carbocycles. The average Bonchev–Trinajstić information content (AvgIpc) is 2.46. The molecule has 0 aliphatic carbocycles. The van der Waals surface area contributed by atoms with Gasteiger partial charge in [0.1, 0.15) is 5.75 Å². The molecule has 0 aliphatic rings. The van der Waals surface area contributed by atoms with Gasteiger partial charge in [0.2, 0.25) is 5.91 Å². The van der Waals surface area contributed by atoms with Gasteiger partial charge in [-0.3, -0.25) is 4.79 Å². The van der Waals surface area contributed by atoms with Crippen molar-refractivity contribution in [1.29, 1.82) is 0 Å². The molecule has 1 aromatic carbocycles. The first-order valence-corrected chi connectivity index (χ1v) is 8.18. The standard InChI is InChI=1S/C14H20Br2N2O3/c1-17-13(19)3-5-21-14-11(15)7-10(8-12(14)16)9-18-4-6-20-2/h7-8,18H,3-6,9H2,1-2H3,(H,17,19). The lowest BCUT2D eigenvalue weighted by molar-refractivity contribution is -0.121. The van der Waals surface area contributed by atoms with Crippen molar-refractivity contribution in [2.24, 2.45) is 0 Å². The molecule has 0 radical (unpaired) electrons. The van der Waals surface area contributed by atoms with E-state index in [4.69, 9.17) is 9.47 Å². The summed E-state index contributed by atoms with van der Waals surface area (Å²) in [6, 6.07) is 4.00. The summed E-state index contributed by atoms with van der Waals surface area (Å²) in [5, 5.41) is 5.84. The van der Waals surface area contributed by atoms with E-state index in [9.17, 15) is 4.79 Å². The largest absolute Gasteiger partial charge is 0.491 e. The third-order valence-corrected chi connectivity index (χ3v) is 3.90. The van der Waals surface area contributed by atoms with E-state index in [0.29, 0.717) is 25.4 Å². The molecule has 1 amide bonds. The normalized spacial score (nSPS) is 10.5. The van der Waals surface area contributed by atoms with Gasteiger partial charge in [0.15, 0.2) is 0 Å². The van der Waals surface area contributed by atoms with Gasteiger partial charge in [-0.1, -0.05) is 0 Å². The summed E-state index contributed by atoms with van der Waals surface area (Å²) in [6.45, 7) is 2.57. The highest BCUT2D eigenvalue weighted by molar-refractivity contribution is 9.11. The number of carbonyl (C=O) groups is 1. The average molecular weight is 424 g/mol. The Hall–Kier alpha value is -0.630. The van der Waals surface area contributed by atoms with E-state index < -0.39 is 0 Å². The number of rotatable bonds is 9. The van der Waals surface area contributed by atoms with E-state index in [1.165, 1.54) is 0 Å². The van der Waals surface area contributed by atoms with Gasteiger partial charge in [0.05, 0.1) is 28.6 Å². The summed E-state index contributed by atoms with van der Waals surface area (Å²) in [5.74, 6) is 0.667. The monoisotopic (exact) mass is 422 g/mol. The molecule has 0 heterocycles. The van der Waals surface area contributed by atoms with Crippen molar-refractivity contribution in [3.05, 3.63) is 26.6 Å². The van der Waals surface area contributed by atoms with Crippen LogP contribution in [0.25, 0.3) is 0 Å². The number of nitrogens with one attached hydrogen (secondary N) is 2. The van der Waals surface area contributed by atoms with E-state index >= 15 is 0 Å². The van der Waals surface area contributed by atoms with Gasteiger partial charge < -0.3 is 20.1 Å². The van der Waals surface area contributed by atoms with Gasteiger partial charge in [0.25, 0.3) is 0 Å². The van der Waals surface area contributed by atoms with Gasteiger partial charge in [-0.25, -0.2) is 0 Å². The van der Waals surface area contributed by atoms with Crippen molar-refractivity contribution >= 4 is 37.8 Å².